The molecule has 1 aliphatic heterocycles. The Labute approximate surface area is 158 Å². The van der Waals surface area contributed by atoms with Gasteiger partial charge in [0.25, 0.3) is 5.91 Å². The van der Waals surface area contributed by atoms with E-state index >= 15 is 0 Å². The van der Waals surface area contributed by atoms with Crippen molar-refractivity contribution in [1.29, 1.82) is 0 Å². The van der Waals surface area contributed by atoms with E-state index in [0.29, 0.717) is 49.4 Å². The molecule has 0 unspecified atom stereocenters. The maximum absolute atomic E-state index is 13.3. The lowest BCUT2D eigenvalue weighted by Crippen LogP contribution is -2.49. The normalized spacial score (nSPS) is 14.2. The van der Waals surface area contributed by atoms with Crippen molar-refractivity contribution in [3.8, 4) is 0 Å². The van der Waals surface area contributed by atoms with Crippen LogP contribution in [0.1, 0.15) is 10.6 Å². The molecule has 8 nitrogen and oxygen atoms in total. The Morgan fingerprint density at radius 2 is 1.93 bits per heavy atom. The summed E-state index contributed by atoms with van der Waals surface area (Å²) in [5.74, 6) is -0.983. The van der Waals surface area contributed by atoms with E-state index in [1.807, 2.05) is 4.90 Å². The fraction of sp³-hybridized carbons (Fsp3) is 0.222. The van der Waals surface area contributed by atoms with Crippen LogP contribution in [-0.2, 0) is 0 Å². The quantitative estimate of drug-likeness (QED) is 0.737. The van der Waals surface area contributed by atoms with Crippen LogP contribution in [0, 0.1) is 11.6 Å². The van der Waals surface area contributed by atoms with Gasteiger partial charge in [0, 0.05) is 37.9 Å². The van der Waals surface area contributed by atoms with Crippen LogP contribution in [0.4, 0.5) is 26.2 Å². The first kappa shape index (κ1) is 17.8. The summed E-state index contributed by atoms with van der Waals surface area (Å²) in [4.78, 5) is 20.3. The van der Waals surface area contributed by atoms with Gasteiger partial charge in [0.15, 0.2) is 23.2 Å². The lowest BCUT2D eigenvalue weighted by molar-refractivity contribution is 0.0714. The number of rotatable bonds is 4. The summed E-state index contributed by atoms with van der Waals surface area (Å²) in [5.41, 5.74) is 0.346. The Bertz CT molecular complexity index is 974. The van der Waals surface area contributed by atoms with Crippen LogP contribution in [0.25, 0.3) is 0 Å². The van der Waals surface area contributed by atoms with Gasteiger partial charge in [-0.25, -0.2) is 8.78 Å². The minimum Gasteiger partial charge on any atom is -0.459 e. The summed E-state index contributed by atoms with van der Waals surface area (Å²) in [5, 5.41) is 10.8. The van der Waals surface area contributed by atoms with Crippen LogP contribution in [0.3, 0.4) is 0 Å². The highest BCUT2D eigenvalue weighted by atomic mass is 19.2. The summed E-state index contributed by atoms with van der Waals surface area (Å²) >= 11 is 0. The molecule has 4 rings (SSSR count). The number of nitrogens with one attached hydrogen (secondary N) is 1. The number of piperazine rings is 1. The van der Waals surface area contributed by atoms with Crippen LogP contribution >= 0.6 is 0 Å². The first-order valence-electron chi connectivity index (χ1n) is 8.60. The van der Waals surface area contributed by atoms with Crippen molar-refractivity contribution in [2.75, 3.05) is 36.4 Å². The summed E-state index contributed by atoms with van der Waals surface area (Å²) in [7, 11) is 0. The van der Waals surface area contributed by atoms with Crippen molar-refractivity contribution in [3.05, 3.63) is 60.2 Å². The van der Waals surface area contributed by atoms with E-state index in [1.165, 1.54) is 18.5 Å². The smallest absolute Gasteiger partial charge is 0.289 e. The molecule has 1 aromatic carbocycles. The molecule has 1 N–H and O–H groups in total. The standard InChI is InChI=1S/C18H16F2N6O2/c19-13-4-3-12(10-14(13)20)22-16-11-21-24-18(23-16)26-7-5-25(6-8-26)17(27)15-2-1-9-28-15/h1-4,9-11H,5-8H2,(H,22,23,24). The van der Waals surface area contributed by atoms with E-state index in [9.17, 15) is 13.6 Å². The molecule has 0 bridgehead atoms. The largest absolute Gasteiger partial charge is 0.459 e. The van der Waals surface area contributed by atoms with E-state index in [-0.39, 0.29) is 5.91 Å². The first-order valence-corrected chi connectivity index (χ1v) is 8.60. The fourth-order valence-electron chi connectivity index (χ4n) is 2.88. The summed E-state index contributed by atoms with van der Waals surface area (Å²) in [6.45, 7) is 2.04. The number of amides is 1. The van der Waals surface area contributed by atoms with Crippen LogP contribution < -0.4 is 10.2 Å². The third kappa shape index (κ3) is 3.75. The van der Waals surface area contributed by atoms with Crippen molar-refractivity contribution in [2.45, 2.75) is 0 Å². The molecule has 0 spiro atoms. The molecule has 3 aromatic rings. The molecular weight excluding hydrogens is 370 g/mol. The molecule has 10 heteroatoms. The zero-order chi connectivity index (χ0) is 19.5. The predicted octanol–water partition coefficient (Wildman–Crippen LogP) is 2.45. The number of halogens is 2. The summed E-state index contributed by atoms with van der Waals surface area (Å²) < 4.78 is 31.5. The number of benzene rings is 1. The van der Waals surface area contributed by atoms with E-state index in [0.717, 1.165) is 12.1 Å². The Balaban J connectivity index is 1.41. The van der Waals surface area contributed by atoms with Crippen molar-refractivity contribution in [1.82, 2.24) is 20.1 Å². The van der Waals surface area contributed by atoms with Gasteiger partial charge in [-0.3, -0.25) is 4.79 Å². The average molecular weight is 386 g/mol. The maximum Gasteiger partial charge on any atom is 0.289 e. The summed E-state index contributed by atoms with van der Waals surface area (Å²) in [6.07, 6.45) is 2.86. The minimum atomic E-state index is -0.954. The lowest BCUT2D eigenvalue weighted by atomic mass is 10.3. The van der Waals surface area contributed by atoms with Gasteiger partial charge in [-0.2, -0.15) is 10.1 Å². The second-order valence-corrected chi connectivity index (χ2v) is 6.15. The van der Waals surface area contributed by atoms with E-state index in [2.05, 4.69) is 20.5 Å². The van der Waals surface area contributed by atoms with Gasteiger partial charge in [0.2, 0.25) is 5.95 Å². The van der Waals surface area contributed by atoms with E-state index < -0.39 is 11.6 Å². The number of furan rings is 1. The monoisotopic (exact) mass is 386 g/mol. The molecule has 1 amide bonds. The number of anilines is 3. The summed E-state index contributed by atoms with van der Waals surface area (Å²) in [6, 6.07) is 6.78. The molecule has 28 heavy (non-hydrogen) atoms. The Morgan fingerprint density at radius 1 is 1.11 bits per heavy atom. The average Bonchev–Trinajstić information content (AvgIpc) is 3.25. The van der Waals surface area contributed by atoms with Crippen LogP contribution in [-0.4, -0.2) is 52.2 Å². The lowest BCUT2D eigenvalue weighted by Gasteiger charge is -2.34. The number of carbonyl (C=O) groups is 1. The highest BCUT2D eigenvalue weighted by Crippen LogP contribution is 2.19. The topological polar surface area (TPSA) is 87.4 Å². The zero-order valence-corrected chi connectivity index (χ0v) is 14.7. The van der Waals surface area contributed by atoms with Gasteiger partial charge >= 0.3 is 0 Å². The molecule has 0 aliphatic carbocycles. The predicted molar refractivity (Wildman–Crippen MR) is 96.3 cm³/mol. The molecule has 0 radical (unpaired) electrons. The second-order valence-electron chi connectivity index (χ2n) is 6.15. The van der Waals surface area contributed by atoms with Crippen molar-refractivity contribution in [2.24, 2.45) is 0 Å². The van der Waals surface area contributed by atoms with Crippen molar-refractivity contribution in [3.63, 3.8) is 0 Å². The molecule has 1 aliphatic rings. The SMILES string of the molecule is O=C(c1ccco1)N1CCN(c2nncc(Nc3ccc(F)c(F)c3)n2)CC1. The highest BCUT2D eigenvalue weighted by molar-refractivity contribution is 5.91. The van der Waals surface area contributed by atoms with Crippen LogP contribution in [0.15, 0.2) is 47.2 Å². The Morgan fingerprint density at radius 3 is 2.64 bits per heavy atom. The Hall–Kier alpha value is -3.56. The third-order valence-corrected chi connectivity index (χ3v) is 4.32. The molecule has 0 atom stereocenters. The molecule has 0 saturated carbocycles. The van der Waals surface area contributed by atoms with Gasteiger partial charge in [-0.15, -0.1) is 5.10 Å². The number of hydrogen-bond donors (Lipinski definition) is 1. The van der Waals surface area contributed by atoms with Gasteiger partial charge in [0.1, 0.15) is 0 Å². The Kier molecular flexibility index (Phi) is 4.83. The second kappa shape index (κ2) is 7.59. The van der Waals surface area contributed by atoms with Crippen LogP contribution in [0.2, 0.25) is 0 Å². The number of nitrogens with zero attached hydrogens (tertiary/aromatic N) is 5. The minimum absolute atomic E-state index is 0.155. The van der Waals surface area contributed by atoms with Gasteiger partial charge < -0.3 is 19.5 Å². The van der Waals surface area contributed by atoms with Crippen molar-refractivity contribution < 1.29 is 18.0 Å². The molecule has 2 aromatic heterocycles. The fourth-order valence-corrected chi connectivity index (χ4v) is 2.88. The number of hydrogen-bond acceptors (Lipinski definition) is 7. The molecular formula is C18H16F2N6O2. The molecule has 1 fully saturated rings. The maximum atomic E-state index is 13.3. The van der Waals surface area contributed by atoms with E-state index in [1.54, 1.807) is 17.0 Å². The number of aromatic nitrogens is 3. The van der Waals surface area contributed by atoms with Gasteiger partial charge in [-0.05, 0) is 24.3 Å². The van der Waals surface area contributed by atoms with Gasteiger partial charge in [-0.1, -0.05) is 0 Å². The highest BCUT2D eigenvalue weighted by Gasteiger charge is 2.25. The molecule has 1 saturated heterocycles. The zero-order valence-electron chi connectivity index (χ0n) is 14.7. The van der Waals surface area contributed by atoms with Crippen molar-refractivity contribution >= 4 is 23.4 Å². The molecule has 3 heterocycles. The van der Waals surface area contributed by atoms with Gasteiger partial charge in [0.05, 0.1) is 12.5 Å². The van der Waals surface area contributed by atoms with E-state index in [4.69, 9.17) is 4.42 Å². The third-order valence-electron chi connectivity index (χ3n) is 4.32. The van der Waals surface area contributed by atoms with Crippen LogP contribution in [0.5, 0.6) is 0 Å². The number of carbonyl (C=O) groups excluding carboxylic acids is 1. The molecule has 144 valence electrons. The first-order chi connectivity index (χ1) is 13.6.